The number of carbonyl (C=O) groups excluding carboxylic acids is 1. The van der Waals surface area contributed by atoms with Gasteiger partial charge in [0.1, 0.15) is 17.2 Å². The predicted molar refractivity (Wildman–Crippen MR) is 103 cm³/mol. The van der Waals surface area contributed by atoms with Crippen LogP contribution >= 0.6 is 11.6 Å². The highest BCUT2D eigenvalue weighted by Gasteiger charge is 2.19. The van der Waals surface area contributed by atoms with Gasteiger partial charge >= 0.3 is 0 Å². The van der Waals surface area contributed by atoms with Crippen LogP contribution in [-0.4, -0.2) is 28.9 Å². The topological polar surface area (TPSA) is 58.4 Å². The molecule has 4 rings (SSSR count). The van der Waals surface area contributed by atoms with E-state index in [0.29, 0.717) is 22.9 Å². The number of fused-ring (bicyclic) bond motifs is 1. The van der Waals surface area contributed by atoms with Gasteiger partial charge in [0.15, 0.2) is 0 Å². The van der Waals surface area contributed by atoms with Gasteiger partial charge in [0.25, 0.3) is 5.91 Å². The number of aromatic nitrogens is 1. The molecule has 1 fully saturated rings. The summed E-state index contributed by atoms with van der Waals surface area (Å²) >= 11 is 6.33. The van der Waals surface area contributed by atoms with Crippen LogP contribution in [0.5, 0.6) is 0 Å². The van der Waals surface area contributed by atoms with E-state index in [-0.39, 0.29) is 5.91 Å². The van der Waals surface area contributed by atoms with Gasteiger partial charge in [-0.15, -0.1) is 0 Å². The van der Waals surface area contributed by atoms with Crippen LogP contribution in [0.1, 0.15) is 35.4 Å². The third-order valence-electron chi connectivity index (χ3n) is 4.64. The number of nitrogens with one attached hydrogen (secondary N) is 1. The van der Waals surface area contributed by atoms with E-state index in [1.54, 1.807) is 12.3 Å². The second-order valence-electron chi connectivity index (χ2n) is 6.51. The standard InChI is InChI=1S/C20H20ClN3O2/c21-17-11-15(20(25)24-8-4-1-5-9-24)12-22-19(17)23-13-16-10-14-6-2-3-7-18(14)26-16/h2-3,6-7,10-12H,1,4-5,8-9,13H2,(H,22,23). The lowest BCUT2D eigenvalue weighted by atomic mass is 10.1. The van der Waals surface area contributed by atoms with Gasteiger partial charge in [-0.05, 0) is 37.5 Å². The molecule has 26 heavy (non-hydrogen) atoms. The summed E-state index contributed by atoms with van der Waals surface area (Å²) in [5.74, 6) is 1.35. The molecule has 1 aliphatic heterocycles. The van der Waals surface area contributed by atoms with Crippen LogP contribution in [0.25, 0.3) is 11.0 Å². The van der Waals surface area contributed by atoms with Crippen molar-refractivity contribution in [2.45, 2.75) is 25.8 Å². The smallest absolute Gasteiger partial charge is 0.255 e. The highest BCUT2D eigenvalue weighted by Crippen LogP contribution is 2.24. The Morgan fingerprint density at radius 3 is 2.77 bits per heavy atom. The molecule has 134 valence electrons. The average Bonchev–Trinajstić information content (AvgIpc) is 3.10. The van der Waals surface area contributed by atoms with Crippen LogP contribution in [0, 0.1) is 0 Å². The van der Waals surface area contributed by atoms with E-state index in [2.05, 4.69) is 10.3 Å². The molecule has 3 heterocycles. The first-order chi connectivity index (χ1) is 12.7. The van der Waals surface area contributed by atoms with Gasteiger partial charge in [0, 0.05) is 24.7 Å². The predicted octanol–water partition coefficient (Wildman–Crippen LogP) is 4.72. The summed E-state index contributed by atoms with van der Waals surface area (Å²) in [4.78, 5) is 18.7. The molecule has 0 saturated carbocycles. The van der Waals surface area contributed by atoms with Crippen LogP contribution in [0.4, 0.5) is 5.82 Å². The number of hydrogen-bond acceptors (Lipinski definition) is 4. The SMILES string of the molecule is O=C(c1cnc(NCc2cc3ccccc3o2)c(Cl)c1)N1CCCCC1. The van der Waals surface area contributed by atoms with E-state index in [9.17, 15) is 4.79 Å². The number of carbonyl (C=O) groups is 1. The molecule has 0 unspecified atom stereocenters. The van der Waals surface area contributed by atoms with Crippen molar-refractivity contribution >= 4 is 34.3 Å². The number of likely N-dealkylation sites (tertiary alicyclic amines) is 1. The monoisotopic (exact) mass is 369 g/mol. The van der Waals surface area contributed by atoms with Crippen LogP contribution in [-0.2, 0) is 6.54 Å². The van der Waals surface area contributed by atoms with Gasteiger partial charge in [-0.25, -0.2) is 4.98 Å². The summed E-state index contributed by atoms with van der Waals surface area (Å²) in [5.41, 5.74) is 1.39. The number of pyridine rings is 1. The van der Waals surface area contributed by atoms with Crippen molar-refractivity contribution in [1.82, 2.24) is 9.88 Å². The second-order valence-corrected chi connectivity index (χ2v) is 6.92. The number of hydrogen-bond donors (Lipinski definition) is 1. The Morgan fingerprint density at radius 1 is 1.19 bits per heavy atom. The van der Waals surface area contributed by atoms with Crippen molar-refractivity contribution < 1.29 is 9.21 Å². The van der Waals surface area contributed by atoms with Gasteiger partial charge in [-0.3, -0.25) is 4.79 Å². The molecular formula is C20H20ClN3O2. The van der Waals surface area contributed by atoms with Crippen LogP contribution in [0.15, 0.2) is 47.0 Å². The number of furan rings is 1. The van der Waals surface area contributed by atoms with Crippen molar-refractivity contribution in [3.63, 3.8) is 0 Å². The average molecular weight is 370 g/mol. The first kappa shape index (κ1) is 16.9. The number of rotatable bonds is 4. The number of halogens is 1. The minimum Gasteiger partial charge on any atom is -0.459 e. The second kappa shape index (κ2) is 7.38. The molecule has 0 aliphatic carbocycles. The third-order valence-corrected chi connectivity index (χ3v) is 4.93. The summed E-state index contributed by atoms with van der Waals surface area (Å²) in [6.07, 6.45) is 4.89. The highest BCUT2D eigenvalue weighted by molar-refractivity contribution is 6.33. The fourth-order valence-corrected chi connectivity index (χ4v) is 3.49. The summed E-state index contributed by atoms with van der Waals surface area (Å²) in [7, 11) is 0. The molecule has 6 heteroatoms. The first-order valence-electron chi connectivity index (χ1n) is 8.87. The molecule has 1 N–H and O–H groups in total. The fraction of sp³-hybridized carbons (Fsp3) is 0.300. The van der Waals surface area contributed by atoms with Crippen molar-refractivity contribution in [2.75, 3.05) is 18.4 Å². The Balaban J connectivity index is 1.44. The van der Waals surface area contributed by atoms with Crippen LogP contribution in [0.2, 0.25) is 5.02 Å². The lowest BCUT2D eigenvalue weighted by Gasteiger charge is -2.26. The minimum absolute atomic E-state index is 0.00272. The van der Waals surface area contributed by atoms with Gasteiger partial charge in [-0.2, -0.15) is 0 Å². The normalized spacial score (nSPS) is 14.6. The van der Waals surface area contributed by atoms with E-state index in [4.69, 9.17) is 16.0 Å². The molecule has 0 bridgehead atoms. The molecule has 1 amide bonds. The summed E-state index contributed by atoms with van der Waals surface area (Å²) < 4.78 is 5.78. The molecule has 0 spiro atoms. The third kappa shape index (κ3) is 3.53. The summed E-state index contributed by atoms with van der Waals surface area (Å²) in [6, 6.07) is 11.5. The van der Waals surface area contributed by atoms with Gasteiger partial charge in [-0.1, -0.05) is 29.8 Å². The number of nitrogens with zero attached hydrogens (tertiary/aromatic N) is 2. The lowest BCUT2D eigenvalue weighted by molar-refractivity contribution is 0.0724. The maximum atomic E-state index is 12.5. The quantitative estimate of drug-likeness (QED) is 0.723. The zero-order valence-electron chi connectivity index (χ0n) is 14.4. The lowest BCUT2D eigenvalue weighted by Crippen LogP contribution is -2.35. The summed E-state index contributed by atoms with van der Waals surface area (Å²) in [5, 5.41) is 4.67. The van der Waals surface area contributed by atoms with Crippen LogP contribution < -0.4 is 5.32 Å². The number of para-hydroxylation sites is 1. The zero-order valence-corrected chi connectivity index (χ0v) is 15.1. The van der Waals surface area contributed by atoms with E-state index >= 15 is 0 Å². The minimum atomic E-state index is 0.00272. The van der Waals surface area contributed by atoms with E-state index in [1.165, 1.54) is 6.42 Å². The molecule has 1 aromatic carbocycles. The maximum absolute atomic E-state index is 12.5. The number of anilines is 1. The zero-order chi connectivity index (χ0) is 17.9. The van der Waals surface area contributed by atoms with Crippen molar-refractivity contribution in [3.05, 3.63) is 58.9 Å². The molecular weight excluding hydrogens is 350 g/mol. The number of benzene rings is 1. The van der Waals surface area contributed by atoms with Crippen molar-refractivity contribution in [3.8, 4) is 0 Å². The molecule has 1 saturated heterocycles. The summed E-state index contributed by atoms with van der Waals surface area (Å²) in [6.45, 7) is 2.09. The Hall–Kier alpha value is -2.53. The first-order valence-corrected chi connectivity index (χ1v) is 9.25. The van der Waals surface area contributed by atoms with Crippen LogP contribution in [0.3, 0.4) is 0 Å². The molecule has 1 aliphatic rings. The molecule has 0 radical (unpaired) electrons. The molecule has 3 aromatic rings. The molecule has 2 aromatic heterocycles. The maximum Gasteiger partial charge on any atom is 0.255 e. The highest BCUT2D eigenvalue weighted by atomic mass is 35.5. The fourth-order valence-electron chi connectivity index (χ4n) is 3.26. The number of amides is 1. The number of piperidine rings is 1. The van der Waals surface area contributed by atoms with Gasteiger partial charge in [0.05, 0.1) is 17.1 Å². The van der Waals surface area contributed by atoms with Gasteiger partial charge < -0.3 is 14.6 Å². The van der Waals surface area contributed by atoms with E-state index < -0.39 is 0 Å². The van der Waals surface area contributed by atoms with E-state index in [1.807, 2.05) is 35.2 Å². The Kier molecular flexibility index (Phi) is 4.80. The molecule has 0 atom stereocenters. The van der Waals surface area contributed by atoms with Crippen molar-refractivity contribution in [1.29, 1.82) is 0 Å². The van der Waals surface area contributed by atoms with Gasteiger partial charge in [0.2, 0.25) is 0 Å². The van der Waals surface area contributed by atoms with E-state index in [0.717, 1.165) is 42.7 Å². The van der Waals surface area contributed by atoms with Crippen molar-refractivity contribution in [2.24, 2.45) is 0 Å². The Morgan fingerprint density at radius 2 is 2.00 bits per heavy atom. The Labute approximate surface area is 157 Å². The Bertz CT molecular complexity index is 899. The largest absolute Gasteiger partial charge is 0.459 e. The molecule has 5 nitrogen and oxygen atoms in total.